The summed E-state index contributed by atoms with van der Waals surface area (Å²) in [7, 11) is 8.77. The highest BCUT2D eigenvalue weighted by Crippen LogP contribution is 2.46. The second kappa shape index (κ2) is 10.3. The Morgan fingerprint density at radius 2 is 1.83 bits per heavy atom. The van der Waals surface area contributed by atoms with Crippen molar-refractivity contribution in [1.29, 1.82) is 0 Å². The molecule has 2 aliphatic heterocycles. The van der Waals surface area contributed by atoms with Crippen molar-refractivity contribution >= 4 is 23.0 Å². The summed E-state index contributed by atoms with van der Waals surface area (Å²) in [5, 5.41) is 12.3. The van der Waals surface area contributed by atoms with Gasteiger partial charge in [-0.1, -0.05) is 37.3 Å². The van der Waals surface area contributed by atoms with Crippen LogP contribution in [-0.2, 0) is 16.0 Å². The number of β-lactam (4-membered cyclic amide) rings is 1. The van der Waals surface area contributed by atoms with Crippen molar-refractivity contribution in [3.8, 4) is 5.75 Å². The molecular weight excluding hydrogens is 454 g/mol. The third kappa shape index (κ3) is 4.92. The molecule has 4 atom stereocenters. The first-order chi connectivity index (χ1) is 17.1. The number of amides is 1. The minimum atomic E-state index is -0.739. The number of rotatable bonds is 11. The predicted octanol–water partition coefficient (Wildman–Crippen LogP) is 2.71. The monoisotopic (exact) mass is 494 g/mol. The molecule has 1 unspecified atom stereocenters. The summed E-state index contributed by atoms with van der Waals surface area (Å²) in [5.41, 5.74) is 2.51. The van der Waals surface area contributed by atoms with Gasteiger partial charge in [0.15, 0.2) is 6.29 Å². The molecule has 0 bridgehead atoms. The summed E-state index contributed by atoms with van der Waals surface area (Å²) in [6.45, 7) is 7.07. The molecule has 2 heterocycles. The Morgan fingerprint density at radius 3 is 2.50 bits per heavy atom. The fraction of sp³-hybridized carbons (Fsp3) is 0.517. The lowest BCUT2D eigenvalue weighted by Crippen LogP contribution is -2.63. The first kappa shape index (κ1) is 26.3. The van der Waals surface area contributed by atoms with Gasteiger partial charge in [0.1, 0.15) is 12.4 Å². The van der Waals surface area contributed by atoms with E-state index in [1.165, 1.54) is 10.9 Å². The average molecular weight is 495 g/mol. The van der Waals surface area contributed by atoms with Gasteiger partial charge in [-0.05, 0) is 43.6 Å². The number of hydrogen-bond donors (Lipinski definition) is 1. The van der Waals surface area contributed by atoms with Crippen LogP contribution in [0.3, 0.4) is 0 Å². The Bertz CT molecular complexity index is 1170. The van der Waals surface area contributed by atoms with Gasteiger partial charge in [-0.2, -0.15) is 0 Å². The number of aldehydes is 1. The van der Waals surface area contributed by atoms with E-state index in [2.05, 4.69) is 57.4 Å². The number of likely N-dealkylation sites (N-methyl/N-ethyl adjacent to an activating group) is 2. The van der Waals surface area contributed by atoms with E-state index >= 15 is 0 Å². The third-order valence-corrected chi connectivity index (χ3v) is 7.97. The van der Waals surface area contributed by atoms with Crippen LogP contribution in [0, 0.1) is 11.8 Å². The lowest BCUT2D eigenvalue weighted by Gasteiger charge is -2.46. The summed E-state index contributed by atoms with van der Waals surface area (Å²) in [6.07, 6.45) is 0.985. The van der Waals surface area contributed by atoms with Gasteiger partial charge in [0, 0.05) is 24.3 Å². The maximum absolute atomic E-state index is 12.6. The molecule has 36 heavy (non-hydrogen) atoms. The second-order valence-corrected chi connectivity index (χ2v) is 11.3. The van der Waals surface area contributed by atoms with E-state index in [9.17, 15) is 14.7 Å². The molecule has 7 nitrogen and oxygen atoms in total. The molecule has 0 saturated carbocycles. The van der Waals surface area contributed by atoms with Crippen molar-refractivity contribution in [1.82, 2.24) is 9.80 Å². The second-order valence-electron chi connectivity index (χ2n) is 11.3. The smallest absolute Gasteiger partial charge is 0.235 e. The van der Waals surface area contributed by atoms with Crippen LogP contribution in [0.15, 0.2) is 47.7 Å². The predicted molar refractivity (Wildman–Crippen MR) is 142 cm³/mol. The van der Waals surface area contributed by atoms with E-state index < -0.39 is 12.0 Å². The number of nitrogens with zero attached hydrogens (tertiary/aromatic N) is 3. The van der Waals surface area contributed by atoms with E-state index in [-0.39, 0.29) is 24.5 Å². The van der Waals surface area contributed by atoms with E-state index in [1.807, 2.05) is 19.1 Å². The highest BCUT2D eigenvalue weighted by molar-refractivity contribution is 5.96. The van der Waals surface area contributed by atoms with Gasteiger partial charge in [0.25, 0.3) is 0 Å². The van der Waals surface area contributed by atoms with Crippen LogP contribution in [0.2, 0.25) is 0 Å². The van der Waals surface area contributed by atoms with Gasteiger partial charge >= 0.3 is 0 Å². The quantitative estimate of drug-likeness (QED) is 0.296. The van der Waals surface area contributed by atoms with E-state index in [1.54, 1.807) is 11.8 Å². The van der Waals surface area contributed by atoms with E-state index in [4.69, 9.17) is 4.74 Å². The zero-order valence-corrected chi connectivity index (χ0v) is 22.4. The van der Waals surface area contributed by atoms with E-state index in [0.29, 0.717) is 5.70 Å². The fourth-order valence-electron chi connectivity index (χ4n) is 5.62. The van der Waals surface area contributed by atoms with Crippen molar-refractivity contribution in [2.75, 3.05) is 54.4 Å². The topological polar surface area (TPSA) is 70.1 Å². The molecule has 0 radical (unpaired) electrons. The standard InChI is InChI=1S/C29H40N3O4/c1-19-24(25(17-33)31-28(19)27(20(2)34)29(31)35)18-36-26-12-8-10-22-21(9-7-11-23(22)26)13-15-32(5,6)16-14-30(3)4/h7-12,17,19-20,27-28,34H,13-16,18H2,1-6H3/q+1/t19-,20+,27+,28?/m0/s1. The number of ether oxygens (including phenoxy) is 1. The lowest BCUT2D eigenvalue weighted by molar-refractivity contribution is -0.889. The Morgan fingerprint density at radius 1 is 1.14 bits per heavy atom. The summed E-state index contributed by atoms with van der Waals surface area (Å²) in [5.74, 6) is 0.0807. The van der Waals surface area contributed by atoms with Crippen molar-refractivity contribution < 1.29 is 23.9 Å². The average Bonchev–Trinajstić information content (AvgIpc) is 3.07. The van der Waals surface area contributed by atoms with Crippen LogP contribution in [0.1, 0.15) is 19.4 Å². The molecular formula is C29H40N3O4+. The lowest BCUT2D eigenvalue weighted by atomic mass is 9.78. The minimum Gasteiger partial charge on any atom is -0.489 e. The molecule has 0 aromatic heterocycles. The van der Waals surface area contributed by atoms with Crippen LogP contribution >= 0.6 is 0 Å². The van der Waals surface area contributed by atoms with Crippen LogP contribution in [0.25, 0.3) is 10.8 Å². The Balaban J connectivity index is 1.52. The normalized spacial score (nSPS) is 22.7. The van der Waals surface area contributed by atoms with Crippen molar-refractivity contribution in [2.24, 2.45) is 11.8 Å². The molecule has 1 amide bonds. The highest BCUT2D eigenvalue weighted by Gasteiger charge is 2.58. The molecule has 2 aromatic carbocycles. The van der Waals surface area contributed by atoms with Gasteiger partial charge in [0.2, 0.25) is 5.91 Å². The van der Waals surface area contributed by atoms with Crippen molar-refractivity contribution in [3.05, 3.63) is 53.2 Å². The van der Waals surface area contributed by atoms with Crippen LogP contribution < -0.4 is 4.74 Å². The number of fused-ring (bicyclic) bond motifs is 2. The first-order valence-electron chi connectivity index (χ1n) is 12.8. The zero-order chi connectivity index (χ0) is 26.2. The Hall–Kier alpha value is -2.74. The Kier molecular flexibility index (Phi) is 7.55. The fourth-order valence-corrected chi connectivity index (χ4v) is 5.62. The molecule has 1 fully saturated rings. The summed E-state index contributed by atoms with van der Waals surface area (Å²) in [6, 6.07) is 12.3. The number of aliphatic hydroxyl groups is 1. The number of quaternary nitrogens is 1. The highest BCUT2D eigenvalue weighted by atomic mass is 16.5. The summed E-state index contributed by atoms with van der Waals surface area (Å²) in [4.78, 5) is 28.2. The molecule has 194 valence electrons. The molecule has 2 aromatic rings. The van der Waals surface area contributed by atoms with Crippen molar-refractivity contribution in [2.45, 2.75) is 32.4 Å². The van der Waals surface area contributed by atoms with Gasteiger partial charge in [-0.3, -0.25) is 9.59 Å². The molecule has 0 spiro atoms. The number of carbonyl (C=O) groups is 2. The van der Waals surface area contributed by atoms with Crippen LogP contribution in [0.5, 0.6) is 5.75 Å². The molecule has 4 rings (SSSR count). The van der Waals surface area contributed by atoms with Gasteiger partial charge in [-0.15, -0.1) is 0 Å². The third-order valence-electron chi connectivity index (χ3n) is 7.97. The van der Waals surface area contributed by atoms with Crippen LogP contribution in [0.4, 0.5) is 0 Å². The number of aliphatic hydroxyl groups excluding tert-OH is 1. The number of benzene rings is 2. The Labute approximate surface area is 214 Å². The SMILES string of the molecule is C[C@H]1C(COc2cccc3c(CC[N+](C)(C)CCN(C)C)cccc23)=C(C=O)N2C(=O)[C@H]([C@@H](C)O)C12. The number of carbonyl (C=O) groups excluding carboxylic acids is 2. The maximum Gasteiger partial charge on any atom is 0.235 e. The van der Waals surface area contributed by atoms with Gasteiger partial charge in [0.05, 0.1) is 50.9 Å². The summed E-state index contributed by atoms with van der Waals surface area (Å²) >= 11 is 0. The zero-order valence-electron chi connectivity index (χ0n) is 22.4. The van der Waals surface area contributed by atoms with Gasteiger partial charge < -0.3 is 24.1 Å². The number of hydrogen-bond acceptors (Lipinski definition) is 5. The number of allylic oxidation sites excluding steroid dienone is 1. The maximum atomic E-state index is 12.6. The largest absolute Gasteiger partial charge is 0.489 e. The van der Waals surface area contributed by atoms with E-state index in [0.717, 1.165) is 53.5 Å². The minimum absolute atomic E-state index is 0.0461. The molecule has 2 aliphatic rings. The first-order valence-corrected chi connectivity index (χ1v) is 12.8. The van der Waals surface area contributed by atoms with Gasteiger partial charge in [-0.25, -0.2) is 0 Å². The molecule has 7 heteroatoms. The van der Waals surface area contributed by atoms with Crippen LogP contribution in [-0.4, -0.2) is 98.2 Å². The summed E-state index contributed by atoms with van der Waals surface area (Å²) < 4.78 is 7.25. The molecule has 1 N–H and O–H groups in total. The molecule has 0 aliphatic carbocycles. The van der Waals surface area contributed by atoms with Crippen molar-refractivity contribution in [3.63, 3.8) is 0 Å². The molecule has 1 saturated heterocycles.